The summed E-state index contributed by atoms with van der Waals surface area (Å²) < 4.78 is 25.6. The fourth-order valence-electron chi connectivity index (χ4n) is 3.77. The van der Waals surface area contributed by atoms with Crippen molar-refractivity contribution in [2.45, 2.75) is 37.5 Å². The van der Waals surface area contributed by atoms with Crippen molar-refractivity contribution in [3.63, 3.8) is 0 Å². The van der Waals surface area contributed by atoms with E-state index in [9.17, 15) is 23.1 Å². The van der Waals surface area contributed by atoms with Crippen LogP contribution < -0.4 is 10.6 Å². The SMILES string of the molecule is CCS(=O)(=O)c1cc(NC(=O)c2cc3cc(Cl)sc3[nH]2)c(O)c(NC(=O)C2CCCC2)c1. The number of halogens is 1. The molecule has 2 aromatic heterocycles. The first-order chi connectivity index (χ1) is 15.2. The molecule has 0 atom stereocenters. The highest BCUT2D eigenvalue weighted by Gasteiger charge is 2.26. The van der Waals surface area contributed by atoms with E-state index in [-0.39, 0.29) is 39.5 Å². The van der Waals surface area contributed by atoms with Gasteiger partial charge in [-0.1, -0.05) is 31.4 Å². The van der Waals surface area contributed by atoms with Gasteiger partial charge in [0.25, 0.3) is 5.91 Å². The number of aromatic amines is 1. The first-order valence-corrected chi connectivity index (χ1v) is 13.0. The number of phenols is 1. The second-order valence-corrected chi connectivity index (χ2v) is 11.7. The van der Waals surface area contributed by atoms with Crippen LogP contribution in [0.2, 0.25) is 4.34 Å². The molecule has 1 fully saturated rings. The summed E-state index contributed by atoms with van der Waals surface area (Å²) in [5.74, 6) is -1.61. The van der Waals surface area contributed by atoms with E-state index in [1.165, 1.54) is 30.4 Å². The highest BCUT2D eigenvalue weighted by Crippen LogP contribution is 2.37. The van der Waals surface area contributed by atoms with Gasteiger partial charge in [0.2, 0.25) is 5.91 Å². The predicted molar refractivity (Wildman–Crippen MR) is 126 cm³/mol. The number of sulfone groups is 1. The Labute approximate surface area is 193 Å². The van der Waals surface area contributed by atoms with Crippen molar-refractivity contribution in [3.8, 4) is 5.75 Å². The summed E-state index contributed by atoms with van der Waals surface area (Å²) in [5, 5.41) is 16.7. The van der Waals surface area contributed by atoms with Crippen LogP contribution in [0.25, 0.3) is 10.2 Å². The van der Waals surface area contributed by atoms with Gasteiger partial charge in [0.15, 0.2) is 15.6 Å². The topological polar surface area (TPSA) is 128 Å². The Bertz CT molecular complexity index is 1270. The second-order valence-electron chi connectivity index (χ2n) is 7.71. The smallest absolute Gasteiger partial charge is 0.272 e. The van der Waals surface area contributed by atoms with Crippen molar-refractivity contribution in [2.75, 3.05) is 16.4 Å². The molecule has 0 unspecified atom stereocenters. The third kappa shape index (κ3) is 4.48. The van der Waals surface area contributed by atoms with Gasteiger partial charge in [-0.2, -0.15) is 0 Å². The van der Waals surface area contributed by atoms with Crippen molar-refractivity contribution in [3.05, 3.63) is 34.3 Å². The summed E-state index contributed by atoms with van der Waals surface area (Å²) in [7, 11) is -3.67. The number of hydrogen-bond donors (Lipinski definition) is 4. The van der Waals surface area contributed by atoms with Crippen LogP contribution >= 0.6 is 22.9 Å². The zero-order valence-electron chi connectivity index (χ0n) is 17.2. The lowest BCUT2D eigenvalue weighted by Crippen LogP contribution is -2.21. The largest absolute Gasteiger partial charge is 0.504 e. The maximum absolute atomic E-state index is 12.8. The molecule has 4 rings (SSSR count). The summed E-state index contributed by atoms with van der Waals surface area (Å²) in [6, 6.07) is 5.75. The van der Waals surface area contributed by atoms with E-state index in [2.05, 4.69) is 15.6 Å². The molecule has 11 heteroatoms. The Balaban J connectivity index is 1.67. The molecular weight excluding hydrogens is 474 g/mol. The number of H-pyrrole nitrogens is 1. The number of anilines is 2. The molecule has 32 heavy (non-hydrogen) atoms. The van der Waals surface area contributed by atoms with Crippen molar-refractivity contribution in [1.82, 2.24) is 4.98 Å². The maximum Gasteiger partial charge on any atom is 0.272 e. The quantitative estimate of drug-likeness (QED) is 0.366. The number of rotatable bonds is 6. The van der Waals surface area contributed by atoms with Gasteiger partial charge in [-0.3, -0.25) is 9.59 Å². The molecule has 3 aromatic rings. The molecule has 2 amide bonds. The average Bonchev–Trinajstić information content (AvgIpc) is 3.47. The molecule has 0 aliphatic heterocycles. The minimum absolute atomic E-state index is 0.0500. The highest BCUT2D eigenvalue weighted by molar-refractivity contribution is 7.91. The Morgan fingerprint density at radius 3 is 2.44 bits per heavy atom. The molecule has 0 bridgehead atoms. The van der Waals surface area contributed by atoms with Crippen LogP contribution in [-0.4, -0.2) is 36.1 Å². The molecular formula is C21H22ClN3O5S2. The molecule has 2 heterocycles. The summed E-state index contributed by atoms with van der Waals surface area (Å²) in [6.07, 6.45) is 3.40. The number of fused-ring (bicyclic) bond motifs is 1. The molecule has 170 valence electrons. The molecule has 4 N–H and O–H groups in total. The minimum atomic E-state index is -3.67. The lowest BCUT2D eigenvalue weighted by atomic mass is 10.1. The number of carbonyl (C=O) groups is 2. The first-order valence-electron chi connectivity index (χ1n) is 10.2. The van der Waals surface area contributed by atoms with E-state index in [4.69, 9.17) is 11.6 Å². The van der Waals surface area contributed by atoms with E-state index in [1.807, 2.05) is 0 Å². The van der Waals surface area contributed by atoms with E-state index in [0.29, 0.717) is 4.34 Å². The zero-order valence-corrected chi connectivity index (χ0v) is 19.6. The Morgan fingerprint density at radius 1 is 1.16 bits per heavy atom. The van der Waals surface area contributed by atoms with Crippen LogP contribution in [0.3, 0.4) is 0 Å². The van der Waals surface area contributed by atoms with Gasteiger partial charge in [0.05, 0.1) is 26.4 Å². The third-order valence-electron chi connectivity index (χ3n) is 5.58. The standard InChI is InChI=1S/C21H22ClN3O5S2/c1-2-32(29,30)13-9-14(23-19(27)11-5-3-4-6-11)18(26)15(10-13)24-20(28)16-7-12-8-17(22)31-21(12)25-16/h7-11,25-26H,2-6H2,1H3,(H,23,27)(H,24,28). The number of aromatic hydroxyl groups is 1. The van der Waals surface area contributed by atoms with Gasteiger partial charge in [0.1, 0.15) is 10.5 Å². The summed E-state index contributed by atoms with van der Waals surface area (Å²) in [5.41, 5.74) is 0.0656. The lowest BCUT2D eigenvalue weighted by Gasteiger charge is -2.16. The van der Waals surface area contributed by atoms with Crippen LogP contribution in [0.4, 0.5) is 11.4 Å². The first kappa shape index (κ1) is 22.6. The van der Waals surface area contributed by atoms with Gasteiger partial charge >= 0.3 is 0 Å². The number of amides is 2. The van der Waals surface area contributed by atoms with Crippen molar-refractivity contribution < 1.29 is 23.1 Å². The fraction of sp³-hybridized carbons (Fsp3) is 0.333. The van der Waals surface area contributed by atoms with Gasteiger partial charge in [-0.05, 0) is 37.1 Å². The number of phenolic OH excluding ortho intramolecular Hbond substituents is 1. The monoisotopic (exact) mass is 495 g/mol. The van der Waals surface area contributed by atoms with Crippen LogP contribution in [0, 0.1) is 5.92 Å². The van der Waals surface area contributed by atoms with E-state index in [0.717, 1.165) is 35.9 Å². The minimum Gasteiger partial charge on any atom is -0.504 e. The Morgan fingerprint density at radius 2 is 1.81 bits per heavy atom. The summed E-state index contributed by atoms with van der Waals surface area (Å²) >= 11 is 7.24. The van der Waals surface area contributed by atoms with Crippen molar-refractivity contribution in [2.24, 2.45) is 5.92 Å². The lowest BCUT2D eigenvalue weighted by molar-refractivity contribution is -0.119. The molecule has 1 aromatic carbocycles. The second kappa shape index (κ2) is 8.76. The number of aromatic nitrogens is 1. The molecule has 0 radical (unpaired) electrons. The zero-order chi connectivity index (χ0) is 23.0. The van der Waals surface area contributed by atoms with Crippen molar-refractivity contribution in [1.29, 1.82) is 0 Å². The highest BCUT2D eigenvalue weighted by atomic mass is 35.5. The van der Waals surface area contributed by atoms with Crippen LogP contribution in [0.15, 0.2) is 29.2 Å². The fourth-order valence-corrected chi connectivity index (χ4v) is 5.83. The Hall–Kier alpha value is -2.56. The van der Waals surface area contributed by atoms with E-state index >= 15 is 0 Å². The number of carbonyl (C=O) groups excluding carboxylic acids is 2. The summed E-state index contributed by atoms with van der Waals surface area (Å²) in [6.45, 7) is 1.49. The van der Waals surface area contributed by atoms with Crippen LogP contribution in [0.5, 0.6) is 5.75 Å². The van der Waals surface area contributed by atoms with Crippen molar-refractivity contribution >= 4 is 66.2 Å². The molecule has 8 nitrogen and oxygen atoms in total. The third-order valence-corrected chi connectivity index (χ3v) is 8.49. The van der Waals surface area contributed by atoms with Crippen LogP contribution in [0.1, 0.15) is 43.1 Å². The molecule has 1 saturated carbocycles. The van der Waals surface area contributed by atoms with Gasteiger partial charge in [-0.15, -0.1) is 11.3 Å². The number of hydrogen-bond acceptors (Lipinski definition) is 6. The molecule has 0 saturated heterocycles. The molecule has 0 spiro atoms. The van der Waals surface area contributed by atoms with Crippen LogP contribution in [-0.2, 0) is 14.6 Å². The van der Waals surface area contributed by atoms with Gasteiger partial charge in [0, 0.05) is 11.3 Å². The maximum atomic E-state index is 12.8. The van der Waals surface area contributed by atoms with E-state index in [1.54, 1.807) is 12.1 Å². The van der Waals surface area contributed by atoms with Gasteiger partial charge < -0.3 is 20.7 Å². The Kier molecular flexibility index (Phi) is 6.19. The number of thiophene rings is 1. The molecule has 1 aliphatic rings. The van der Waals surface area contributed by atoms with E-state index < -0.39 is 21.5 Å². The average molecular weight is 496 g/mol. The van der Waals surface area contributed by atoms with Gasteiger partial charge in [-0.25, -0.2) is 8.42 Å². The number of nitrogens with one attached hydrogen (secondary N) is 3. The molecule has 1 aliphatic carbocycles. The predicted octanol–water partition coefficient (Wildman–Crippen LogP) is 4.76. The summed E-state index contributed by atoms with van der Waals surface area (Å²) in [4.78, 5) is 28.9. The number of benzene rings is 1. The normalized spacial score (nSPS) is 14.7.